The van der Waals surface area contributed by atoms with Crippen molar-refractivity contribution >= 4 is 38.7 Å². The van der Waals surface area contributed by atoms with Crippen LogP contribution in [0.25, 0.3) is 11.2 Å². The maximum Gasteiger partial charge on any atom is 0.160 e. The molecule has 0 N–H and O–H groups in total. The molecule has 1 saturated heterocycles. The third kappa shape index (κ3) is 2.71. The van der Waals surface area contributed by atoms with E-state index >= 15 is 0 Å². The number of halogens is 2. The third-order valence-electron chi connectivity index (χ3n) is 3.94. The highest BCUT2D eigenvalue weighted by molar-refractivity contribution is 9.10. The Bertz CT molecular complexity index is 604. The van der Waals surface area contributed by atoms with E-state index in [2.05, 4.69) is 37.4 Å². The van der Waals surface area contributed by atoms with Gasteiger partial charge < -0.3 is 9.47 Å². The Morgan fingerprint density at radius 2 is 2.15 bits per heavy atom. The molecular formula is C14H18BrClN4. The molecule has 0 atom stereocenters. The number of likely N-dealkylation sites (tertiary alicyclic amines) is 1. The number of fused-ring (bicyclic) bond motifs is 1. The van der Waals surface area contributed by atoms with Gasteiger partial charge in [-0.25, -0.2) is 9.97 Å². The maximum atomic E-state index is 5.94. The van der Waals surface area contributed by atoms with E-state index in [1.165, 1.54) is 0 Å². The van der Waals surface area contributed by atoms with Gasteiger partial charge in [0.1, 0.15) is 11.3 Å². The molecule has 3 heterocycles. The van der Waals surface area contributed by atoms with Crippen LogP contribution in [0.1, 0.15) is 24.7 Å². The molecule has 1 fully saturated rings. The van der Waals surface area contributed by atoms with Gasteiger partial charge in [-0.1, -0.05) is 0 Å². The largest absolute Gasteiger partial charge is 0.309 e. The number of hydrogen-bond acceptors (Lipinski definition) is 3. The molecule has 1 aliphatic rings. The Labute approximate surface area is 132 Å². The Balaban J connectivity index is 2.04. The lowest BCUT2D eigenvalue weighted by atomic mass is 10.1. The van der Waals surface area contributed by atoms with Crippen molar-refractivity contribution in [2.24, 2.45) is 0 Å². The lowest BCUT2D eigenvalue weighted by Crippen LogP contribution is -2.32. The van der Waals surface area contributed by atoms with Gasteiger partial charge in [0, 0.05) is 29.0 Å². The molecular weight excluding hydrogens is 340 g/mol. The van der Waals surface area contributed by atoms with Gasteiger partial charge in [0.2, 0.25) is 0 Å². The zero-order chi connectivity index (χ0) is 14.1. The molecule has 0 aromatic carbocycles. The smallest absolute Gasteiger partial charge is 0.160 e. The summed E-state index contributed by atoms with van der Waals surface area (Å²) in [4.78, 5) is 11.7. The molecule has 1 aliphatic heterocycles. The molecule has 6 heteroatoms. The van der Waals surface area contributed by atoms with E-state index < -0.39 is 0 Å². The number of alkyl halides is 1. The van der Waals surface area contributed by atoms with E-state index in [1.807, 2.05) is 12.3 Å². The van der Waals surface area contributed by atoms with E-state index in [-0.39, 0.29) is 0 Å². The van der Waals surface area contributed by atoms with E-state index in [4.69, 9.17) is 16.6 Å². The lowest BCUT2D eigenvalue weighted by Gasteiger charge is -2.30. The van der Waals surface area contributed by atoms with Gasteiger partial charge in [0.25, 0.3) is 0 Å². The lowest BCUT2D eigenvalue weighted by molar-refractivity contribution is 0.221. The third-order valence-corrected chi connectivity index (χ3v) is 4.56. The zero-order valence-electron chi connectivity index (χ0n) is 11.5. The van der Waals surface area contributed by atoms with E-state index in [0.29, 0.717) is 11.9 Å². The van der Waals surface area contributed by atoms with Crippen LogP contribution in [0.5, 0.6) is 0 Å². The Hall–Kier alpha value is -0.650. The van der Waals surface area contributed by atoms with Gasteiger partial charge in [-0.2, -0.15) is 0 Å². The minimum absolute atomic E-state index is 0.489. The molecule has 108 valence electrons. The number of hydrogen-bond donors (Lipinski definition) is 0. The van der Waals surface area contributed by atoms with E-state index in [0.717, 1.165) is 53.8 Å². The number of piperidine rings is 1. The molecule has 3 rings (SSSR count). The van der Waals surface area contributed by atoms with Gasteiger partial charge in [-0.3, -0.25) is 0 Å². The van der Waals surface area contributed by atoms with Crippen molar-refractivity contribution in [3.05, 3.63) is 22.6 Å². The Kier molecular flexibility index (Phi) is 4.29. The van der Waals surface area contributed by atoms with Crippen molar-refractivity contribution in [1.29, 1.82) is 0 Å². The first-order valence-electron chi connectivity index (χ1n) is 6.96. The van der Waals surface area contributed by atoms with Crippen LogP contribution in [0, 0.1) is 0 Å². The topological polar surface area (TPSA) is 34.0 Å². The van der Waals surface area contributed by atoms with Crippen molar-refractivity contribution < 1.29 is 0 Å². The monoisotopic (exact) mass is 356 g/mol. The molecule has 0 radical (unpaired) electrons. The minimum atomic E-state index is 0.489. The predicted octanol–water partition coefficient (Wildman–Crippen LogP) is 3.24. The fourth-order valence-corrected chi connectivity index (χ4v) is 3.39. The fourth-order valence-electron chi connectivity index (χ4n) is 2.90. The highest BCUT2D eigenvalue weighted by Crippen LogP contribution is 2.28. The van der Waals surface area contributed by atoms with Gasteiger partial charge in [0.05, 0.1) is 0 Å². The van der Waals surface area contributed by atoms with E-state index in [9.17, 15) is 0 Å². The molecule has 0 spiro atoms. The van der Waals surface area contributed by atoms with Crippen molar-refractivity contribution in [3.63, 3.8) is 0 Å². The normalized spacial score (nSPS) is 17.9. The van der Waals surface area contributed by atoms with Crippen LogP contribution in [0.3, 0.4) is 0 Å². The molecule has 0 saturated carbocycles. The molecule has 0 unspecified atom stereocenters. The maximum absolute atomic E-state index is 5.94. The fraction of sp³-hybridized carbons (Fsp3) is 0.571. The van der Waals surface area contributed by atoms with Gasteiger partial charge in [-0.05, 0) is 55.0 Å². The van der Waals surface area contributed by atoms with Crippen molar-refractivity contribution in [2.45, 2.75) is 25.3 Å². The summed E-state index contributed by atoms with van der Waals surface area (Å²) >= 11 is 9.40. The van der Waals surface area contributed by atoms with Crippen LogP contribution >= 0.6 is 27.5 Å². The summed E-state index contributed by atoms with van der Waals surface area (Å²) in [7, 11) is 2.18. The second-order valence-corrected chi connectivity index (χ2v) is 6.66. The van der Waals surface area contributed by atoms with E-state index in [1.54, 1.807) is 0 Å². The summed E-state index contributed by atoms with van der Waals surface area (Å²) in [5, 5.41) is 0. The summed E-state index contributed by atoms with van der Waals surface area (Å²) in [5.74, 6) is 1.66. The van der Waals surface area contributed by atoms with Crippen LogP contribution in [-0.2, 0) is 6.42 Å². The molecule has 0 amide bonds. The number of imidazole rings is 1. The first-order chi connectivity index (χ1) is 9.69. The van der Waals surface area contributed by atoms with Gasteiger partial charge in [-0.15, -0.1) is 11.6 Å². The predicted molar refractivity (Wildman–Crippen MR) is 85.4 cm³/mol. The average molecular weight is 358 g/mol. The van der Waals surface area contributed by atoms with Crippen LogP contribution in [0.2, 0.25) is 0 Å². The second kappa shape index (κ2) is 6.00. The second-order valence-electron chi connectivity index (χ2n) is 5.37. The average Bonchev–Trinajstić information content (AvgIpc) is 2.77. The molecule has 0 bridgehead atoms. The molecule has 2 aromatic heterocycles. The summed E-state index contributed by atoms with van der Waals surface area (Å²) in [6, 6.07) is 2.52. The number of nitrogens with zero attached hydrogens (tertiary/aromatic N) is 4. The van der Waals surface area contributed by atoms with Crippen molar-refractivity contribution in [2.75, 3.05) is 26.0 Å². The summed E-state index contributed by atoms with van der Waals surface area (Å²) in [6.45, 7) is 2.25. The first-order valence-corrected chi connectivity index (χ1v) is 8.28. The SMILES string of the molecule is CN1CCC(n2c(CCCl)nc3cc(Br)cnc32)CC1. The highest BCUT2D eigenvalue weighted by atomic mass is 79.9. The van der Waals surface area contributed by atoms with Crippen LogP contribution in [0.4, 0.5) is 0 Å². The standard InChI is InChI=1S/C14H18BrClN4/c1-19-6-3-11(4-7-19)20-13(2-5-16)18-12-8-10(15)9-17-14(12)20/h8-9,11H,2-7H2,1H3. The zero-order valence-corrected chi connectivity index (χ0v) is 13.9. The number of aryl methyl sites for hydroxylation is 1. The number of rotatable bonds is 3. The summed E-state index contributed by atoms with van der Waals surface area (Å²) in [6.07, 6.45) is 4.94. The van der Waals surface area contributed by atoms with Gasteiger partial charge in [0.15, 0.2) is 5.65 Å². The van der Waals surface area contributed by atoms with Crippen LogP contribution in [-0.4, -0.2) is 45.5 Å². The van der Waals surface area contributed by atoms with Crippen LogP contribution < -0.4 is 0 Å². The highest BCUT2D eigenvalue weighted by Gasteiger charge is 2.23. The summed E-state index contributed by atoms with van der Waals surface area (Å²) in [5.41, 5.74) is 1.95. The molecule has 20 heavy (non-hydrogen) atoms. The van der Waals surface area contributed by atoms with Crippen molar-refractivity contribution in [3.8, 4) is 0 Å². The quantitative estimate of drug-likeness (QED) is 0.791. The number of aromatic nitrogens is 3. The molecule has 0 aliphatic carbocycles. The minimum Gasteiger partial charge on any atom is -0.309 e. The van der Waals surface area contributed by atoms with Crippen LogP contribution in [0.15, 0.2) is 16.7 Å². The van der Waals surface area contributed by atoms with Crippen molar-refractivity contribution in [1.82, 2.24) is 19.4 Å². The summed E-state index contributed by atoms with van der Waals surface area (Å²) < 4.78 is 3.28. The Morgan fingerprint density at radius 1 is 1.40 bits per heavy atom. The number of pyridine rings is 1. The Morgan fingerprint density at radius 3 is 2.85 bits per heavy atom. The molecule has 2 aromatic rings. The first kappa shape index (κ1) is 14.3. The molecule has 4 nitrogen and oxygen atoms in total. The van der Waals surface area contributed by atoms with Gasteiger partial charge >= 0.3 is 0 Å².